The maximum absolute atomic E-state index is 10.2. The number of rotatable bonds is 4. The predicted octanol–water partition coefficient (Wildman–Crippen LogP) is 1.82. The first-order valence-electron chi connectivity index (χ1n) is 5.13. The van der Waals surface area contributed by atoms with Gasteiger partial charge in [-0.2, -0.15) is 0 Å². The average Bonchev–Trinajstić information content (AvgIpc) is 2.52. The molecule has 1 aromatic rings. The molecule has 0 aromatic carbocycles. The fraction of sp³-hybridized carbons (Fsp3) is 0.727. The van der Waals surface area contributed by atoms with Gasteiger partial charge in [0.2, 0.25) is 0 Å². The summed E-state index contributed by atoms with van der Waals surface area (Å²) in [6.07, 6.45) is 2.47. The fourth-order valence-electron chi connectivity index (χ4n) is 1.22. The molecule has 2 N–H and O–H groups in total. The van der Waals surface area contributed by atoms with E-state index in [1.54, 1.807) is 16.8 Å². The molecule has 0 spiro atoms. The van der Waals surface area contributed by atoms with Crippen molar-refractivity contribution >= 4 is 11.3 Å². The summed E-state index contributed by atoms with van der Waals surface area (Å²) in [5.74, 6) is 0. The summed E-state index contributed by atoms with van der Waals surface area (Å²) in [4.78, 5) is 5.12. The molecule has 86 valence electrons. The van der Waals surface area contributed by atoms with Crippen molar-refractivity contribution in [3.05, 3.63) is 16.6 Å². The Kier molecular flexibility index (Phi) is 3.87. The molecular weight excluding hydrogens is 208 g/mol. The number of thiazole rings is 1. The highest BCUT2D eigenvalue weighted by molar-refractivity contribution is 7.09. The molecule has 0 bridgehead atoms. The van der Waals surface area contributed by atoms with Crippen LogP contribution in [0.5, 0.6) is 0 Å². The van der Waals surface area contributed by atoms with Crippen molar-refractivity contribution in [2.75, 3.05) is 6.54 Å². The van der Waals surface area contributed by atoms with Gasteiger partial charge < -0.3 is 10.4 Å². The lowest BCUT2D eigenvalue weighted by Gasteiger charge is -2.29. The van der Waals surface area contributed by atoms with Crippen molar-refractivity contribution in [3.63, 3.8) is 0 Å². The van der Waals surface area contributed by atoms with Crippen LogP contribution in [0.1, 0.15) is 32.6 Å². The van der Waals surface area contributed by atoms with Crippen LogP contribution in [-0.2, 0) is 6.42 Å². The molecular formula is C11H20N2OS. The summed E-state index contributed by atoms with van der Waals surface area (Å²) in [5, 5.41) is 13.5. The molecule has 0 aliphatic rings. The van der Waals surface area contributed by atoms with Gasteiger partial charge >= 0.3 is 0 Å². The van der Waals surface area contributed by atoms with Gasteiger partial charge in [0.1, 0.15) is 0 Å². The van der Waals surface area contributed by atoms with Crippen molar-refractivity contribution in [3.8, 4) is 0 Å². The van der Waals surface area contributed by atoms with Crippen LogP contribution in [0.3, 0.4) is 0 Å². The van der Waals surface area contributed by atoms with Crippen molar-refractivity contribution < 1.29 is 5.11 Å². The number of aromatic nitrogens is 1. The average molecular weight is 228 g/mol. The Morgan fingerprint density at radius 1 is 1.40 bits per heavy atom. The first-order valence-corrected chi connectivity index (χ1v) is 6.01. The van der Waals surface area contributed by atoms with Crippen LogP contribution in [0.25, 0.3) is 0 Å². The number of hydrogen-bond donors (Lipinski definition) is 2. The van der Waals surface area contributed by atoms with E-state index in [0.717, 1.165) is 4.88 Å². The van der Waals surface area contributed by atoms with E-state index in [9.17, 15) is 5.11 Å². The molecule has 1 rings (SSSR count). The Hall–Kier alpha value is -0.450. The van der Waals surface area contributed by atoms with Crippen LogP contribution in [-0.4, -0.2) is 27.8 Å². The quantitative estimate of drug-likeness (QED) is 0.826. The summed E-state index contributed by atoms with van der Waals surface area (Å²) >= 11 is 1.58. The van der Waals surface area contributed by atoms with Gasteiger partial charge in [0, 0.05) is 29.6 Å². The lowest BCUT2D eigenvalue weighted by Crippen LogP contribution is -2.47. The molecule has 0 radical (unpaired) electrons. The van der Waals surface area contributed by atoms with E-state index in [0.29, 0.717) is 13.0 Å². The SMILES string of the molecule is CC(O)(CNC(C)(C)C)Cc1cncs1. The fourth-order valence-corrected chi connectivity index (χ4v) is 2.00. The minimum Gasteiger partial charge on any atom is -0.388 e. The molecule has 4 heteroatoms. The second-order valence-electron chi connectivity index (χ2n) is 5.25. The summed E-state index contributed by atoms with van der Waals surface area (Å²) in [6, 6.07) is 0. The molecule has 0 fully saturated rings. The minimum absolute atomic E-state index is 0.0394. The zero-order valence-electron chi connectivity index (χ0n) is 9.87. The molecule has 1 atom stereocenters. The van der Waals surface area contributed by atoms with E-state index in [1.165, 1.54) is 0 Å². The predicted molar refractivity (Wildman–Crippen MR) is 64.2 cm³/mol. The van der Waals surface area contributed by atoms with Crippen LogP contribution < -0.4 is 5.32 Å². The number of hydrogen-bond acceptors (Lipinski definition) is 4. The van der Waals surface area contributed by atoms with Crippen LogP contribution in [0.4, 0.5) is 0 Å². The van der Waals surface area contributed by atoms with Gasteiger partial charge in [-0.3, -0.25) is 4.98 Å². The smallest absolute Gasteiger partial charge is 0.0794 e. The zero-order chi connectivity index (χ0) is 11.5. The summed E-state index contributed by atoms with van der Waals surface area (Å²) in [5.41, 5.74) is 1.13. The van der Waals surface area contributed by atoms with Gasteiger partial charge in [-0.15, -0.1) is 11.3 Å². The molecule has 0 aliphatic carbocycles. The summed E-state index contributed by atoms with van der Waals surface area (Å²) in [6.45, 7) is 8.72. The van der Waals surface area contributed by atoms with E-state index < -0.39 is 5.60 Å². The van der Waals surface area contributed by atoms with Gasteiger partial charge in [-0.05, 0) is 27.7 Å². The minimum atomic E-state index is -0.709. The van der Waals surface area contributed by atoms with Gasteiger partial charge in [-0.1, -0.05) is 0 Å². The molecule has 0 amide bonds. The number of nitrogens with zero attached hydrogens (tertiary/aromatic N) is 1. The Morgan fingerprint density at radius 2 is 2.07 bits per heavy atom. The van der Waals surface area contributed by atoms with Crippen molar-refractivity contribution in [2.45, 2.75) is 45.3 Å². The molecule has 0 aliphatic heterocycles. The first kappa shape index (κ1) is 12.6. The Morgan fingerprint density at radius 3 is 2.53 bits per heavy atom. The second-order valence-corrected chi connectivity index (χ2v) is 6.22. The topological polar surface area (TPSA) is 45.1 Å². The van der Waals surface area contributed by atoms with E-state index in [2.05, 4.69) is 31.1 Å². The third-order valence-corrected chi connectivity index (χ3v) is 2.82. The summed E-state index contributed by atoms with van der Waals surface area (Å²) in [7, 11) is 0. The largest absolute Gasteiger partial charge is 0.388 e. The Balaban J connectivity index is 2.45. The van der Waals surface area contributed by atoms with Gasteiger partial charge in [0.15, 0.2) is 0 Å². The standard InChI is InChI=1S/C11H20N2OS/c1-10(2,3)13-7-11(4,14)5-9-6-12-8-15-9/h6,8,13-14H,5,7H2,1-4H3. The monoisotopic (exact) mass is 228 g/mol. The van der Waals surface area contributed by atoms with Crippen LogP contribution in [0, 0.1) is 0 Å². The molecule has 1 aromatic heterocycles. The van der Waals surface area contributed by atoms with Gasteiger partial charge in [0.05, 0.1) is 11.1 Å². The lowest BCUT2D eigenvalue weighted by atomic mass is 9.99. The maximum Gasteiger partial charge on any atom is 0.0794 e. The lowest BCUT2D eigenvalue weighted by molar-refractivity contribution is 0.0542. The number of β-amino-alcohol motifs (C(OH)–C–C–N with tert-alkyl or cyclic N) is 1. The van der Waals surface area contributed by atoms with Gasteiger partial charge in [-0.25, -0.2) is 0 Å². The number of nitrogens with one attached hydrogen (secondary N) is 1. The second kappa shape index (κ2) is 4.60. The normalized spacial score (nSPS) is 16.3. The maximum atomic E-state index is 10.2. The molecule has 1 unspecified atom stereocenters. The Bertz CT molecular complexity index is 288. The molecule has 0 saturated heterocycles. The molecule has 15 heavy (non-hydrogen) atoms. The van der Waals surface area contributed by atoms with Crippen molar-refractivity contribution in [2.24, 2.45) is 0 Å². The van der Waals surface area contributed by atoms with E-state index in [4.69, 9.17) is 0 Å². The van der Waals surface area contributed by atoms with Gasteiger partial charge in [0.25, 0.3) is 0 Å². The van der Waals surface area contributed by atoms with E-state index in [1.807, 2.05) is 13.1 Å². The van der Waals surface area contributed by atoms with Crippen LogP contribution in [0.2, 0.25) is 0 Å². The molecule has 0 saturated carbocycles. The highest BCUT2D eigenvalue weighted by atomic mass is 32.1. The summed E-state index contributed by atoms with van der Waals surface area (Å²) < 4.78 is 0. The van der Waals surface area contributed by atoms with E-state index >= 15 is 0 Å². The molecule has 3 nitrogen and oxygen atoms in total. The van der Waals surface area contributed by atoms with Crippen molar-refractivity contribution in [1.82, 2.24) is 10.3 Å². The first-order chi connectivity index (χ1) is 6.79. The number of aliphatic hydroxyl groups is 1. The highest BCUT2D eigenvalue weighted by Gasteiger charge is 2.23. The van der Waals surface area contributed by atoms with Crippen molar-refractivity contribution in [1.29, 1.82) is 0 Å². The van der Waals surface area contributed by atoms with Crippen LogP contribution in [0.15, 0.2) is 11.7 Å². The molecule has 1 heterocycles. The third kappa shape index (κ3) is 5.25. The van der Waals surface area contributed by atoms with E-state index in [-0.39, 0.29) is 5.54 Å². The Labute approximate surface area is 95.6 Å². The third-order valence-electron chi connectivity index (χ3n) is 2.04. The zero-order valence-corrected chi connectivity index (χ0v) is 10.7. The van der Waals surface area contributed by atoms with Crippen LogP contribution >= 0.6 is 11.3 Å². The highest BCUT2D eigenvalue weighted by Crippen LogP contribution is 2.16.